The fraction of sp³-hybridized carbons (Fsp3) is 0.895. The summed E-state index contributed by atoms with van der Waals surface area (Å²) in [5.41, 5.74) is 0.0236. The first-order valence-corrected chi connectivity index (χ1v) is 10.1. The van der Waals surface area contributed by atoms with Gasteiger partial charge in [0, 0.05) is 37.1 Å². The van der Waals surface area contributed by atoms with E-state index in [0.29, 0.717) is 6.42 Å². The molecule has 1 saturated heterocycles. The molecule has 2 aliphatic carbocycles. The van der Waals surface area contributed by atoms with Gasteiger partial charge in [-0.2, -0.15) is 0 Å². The van der Waals surface area contributed by atoms with Gasteiger partial charge in [0.1, 0.15) is 0 Å². The monoisotopic (exact) mass is 367 g/mol. The first-order valence-electron chi connectivity index (χ1n) is 10.1. The topological polar surface area (TPSA) is 82.1 Å². The highest BCUT2D eigenvalue weighted by Gasteiger charge is 2.42. The Bertz CT molecular complexity index is 495. The van der Waals surface area contributed by atoms with Crippen molar-refractivity contribution in [1.29, 1.82) is 0 Å². The number of hydrogen-bond acceptors (Lipinski definition) is 5. The van der Waals surface area contributed by atoms with Gasteiger partial charge in [0.25, 0.3) is 0 Å². The third-order valence-electron chi connectivity index (χ3n) is 6.45. The number of hydrogen-bond donors (Lipinski definition) is 2. The molecule has 1 amide bonds. The Morgan fingerprint density at radius 1 is 1.23 bits per heavy atom. The lowest BCUT2D eigenvalue weighted by Gasteiger charge is -2.45. The van der Waals surface area contributed by atoms with Gasteiger partial charge in [0.05, 0.1) is 19.8 Å². The van der Waals surface area contributed by atoms with E-state index >= 15 is 0 Å². The Kier molecular flexibility index (Phi) is 6.53. The van der Waals surface area contributed by atoms with Crippen LogP contribution in [0.15, 0.2) is 0 Å². The van der Waals surface area contributed by atoms with Gasteiger partial charge in [-0.3, -0.25) is 19.4 Å². The van der Waals surface area contributed by atoms with E-state index in [9.17, 15) is 9.59 Å². The molecule has 2 saturated carbocycles. The van der Waals surface area contributed by atoms with E-state index in [1.165, 1.54) is 12.8 Å². The van der Waals surface area contributed by atoms with Gasteiger partial charge in [-0.15, -0.1) is 0 Å². The van der Waals surface area contributed by atoms with Crippen LogP contribution in [0.4, 0.5) is 0 Å². The lowest BCUT2D eigenvalue weighted by Crippen LogP contribution is -2.57. The van der Waals surface area contributed by atoms with Gasteiger partial charge in [-0.1, -0.05) is 19.8 Å². The standard InChI is InChI=1S/C19H33N3O4/c1-2-21(14-18(24)25)16-11-15(12-16)20-17(23)13-19(5-3-4-6-19)22-7-9-26-10-8-22/h15-16H,2-14H2,1H3,(H,20,23)(H,24,25). The normalized spacial score (nSPS) is 28.7. The fourth-order valence-electron chi connectivity index (χ4n) is 4.93. The zero-order valence-corrected chi connectivity index (χ0v) is 15.9. The number of likely N-dealkylation sites (N-methyl/N-ethyl adjacent to an activating group) is 1. The minimum atomic E-state index is -0.784. The number of carbonyl (C=O) groups excluding carboxylic acids is 1. The number of carboxylic acids is 1. The number of amides is 1. The number of nitrogens with zero attached hydrogens (tertiary/aromatic N) is 2. The molecule has 7 nitrogen and oxygen atoms in total. The maximum absolute atomic E-state index is 12.7. The predicted molar refractivity (Wildman–Crippen MR) is 98.0 cm³/mol. The highest BCUT2D eigenvalue weighted by atomic mass is 16.5. The molecule has 2 N–H and O–H groups in total. The van der Waals surface area contributed by atoms with Crippen molar-refractivity contribution >= 4 is 11.9 Å². The van der Waals surface area contributed by atoms with Crippen LogP contribution in [-0.2, 0) is 14.3 Å². The number of rotatable bonds is 8. The lowest BCUT2D eigenvalue weighted by atomic mass is 9.84. The van der Waals surface area contributed by atoms with Crippen molar-refractivity contribution in [3.8, 4) is 0 Å². The molecular formula is C19H33N3O4. The van der Waals surface area contributed by atoms with E-state index in [2.05, 4.69) is 10.2 Å². The predicted octanol–water partition coefficient (Wildman–Crippen LogP) is 1.08. The van der Waals surface area contributed by atoms with E-state index in [-0.39, 0.29) is 30.1 Å². The smallest absolute Gasteiger partial charge is 0.317 e. The van der Waals surface area contributed by atoms with Crippen LogP contribution in [0.1, 0.15) is 51.9 Å². The number of nitrogens with one attached hydrogen (secondary N) is 1. The van der Waals surface area contributed by atoms with E-state index in [0.717, 1.165) is 58.5 Å². The molecule has 3 rings (SSSR count). The third kappa shape index (κ3) is 4.56. The average Bonchev–Trinajstić information content (AvgIpc) is 3.06. The van der Waals surface area contributed by atoms with Crippen LogP contribution in [0.2, 0.25) is 0 Å². The Balaban J connectivity index is 1.47. The largest absolute Gasteiger partial charge is 0.480 e. The van der Waals surface area contributed by atoms with E-state index < -0.39 is 5.97 Å². The zero-order chi connectivity index (χ0) is 18.6. The summed E-state index contributed by atoms with van der Waals surface area (Å²) in [5.74, 6) is -0.629. The van der Waals surface area contributed by atoms with Crippen LogP contribution in [0.25, 0.3) is 0 Å². The van der Waals surface area contributed by atoms with Gasteiger partial charge >= 0.3 is 5.97 Å². The fourth-order valence-corrected chi connectivity index (χ4v) is 4.93. The van der Waals surface area contributed by atoms with Crippen LogP contribution >= 0.6 is 0 Å². The molecule has 26 heavy (non-hydrogen) atoms. The molecule has 3 fully saturated rings. The second kappa shape index (κ2) is 8.67. The summed E-state index contributed by atoms with van der Waals surface area (Å²) in [6.07, 6.45) is 6.93. The van der Waals surface area contributed by atoms with Crippen molar-refractivity contribution in [3.63, 3.8) is 0 Å². The highest BCUT2D eigenvalue weighted by molar-refractivity contribution is 5.77. The van der Waals surface area contributed by atoms with Crippen molar-refractivity contribution in [3.05, 3.63) is 0 Å². The molecule has 148 valence electrons. The third-order valence-corrected chi connectivity index (χ3v) is 6.45. The molecule has 0 spiro atoms. The number of carboxylic acid groups (broad SMARTS) is 1. The second-order valence-electron chi connectivity index (χ2n) is 8.05. The van der Waals surface area contributed by atoms with Crippen LogP contribution in [0.5, 0.6) is 0 Å². The van der Waals surface area contributed by atoms with Crippen molar-refractivity contribution in [2.24, 2.45) is 0 Å². The number of morpholine rings is 1. The average molecular weight is 367 g/mol. The minimum Gasteiger partial charge on any atom is -0.480 e. The van der Waals surface area contributed by atoms with Gasteiger partial charge in [0.2, 0.25) is 5.91 Å². The Morgan fingerprint density at radius 3 is 2.46 bits per heavy atom. The number of carbonyl (C=O) groups is 2. The quantitative estimate of drug-likeness (QED) is 0.668. The molecular weight excluding hydrogens is 334 g/mol. The SMILES string of the molecule is CCN(CC(=O)O)C1CC(NC(=O)CC2(N3CCOCC3)CCCC2)C1. The molecule has 0 aromatic heterocycles. The summed E-state index contributed by atoms with van der Waals surface area (Å²) >= 11 is 0. The summed E-state index contributed by atoms with van der Waals surface area (Å²) in [6, 6.07) is 0.472. The van der Waals surface area contributed by atoms with E-state index in [1.807, 2.05) is 11.8 Å². The van der Waals surface area contributed by atoms with E-state index in [4.69, 9.17) is 9.84 Å². The minimum absolute atomic E-state index is 0.0236. The van der Waals surface area contributed by atoms with Gasteiger partial charge in [-0.05, 0) is 32.2 Å². The molecule has 1 heterocycles. The Labute approximate surface area is 156 Å². The van der Waals surface area contributed by atoms with Crippen molar-refractivity contribution in [2.75, 3.05) is 39.4 Å². The van der Waals surface area contributed by atoms with Crippen LogP contribution in [-0.4, -0.2) is 83.8 Å². The maximum Gasteiger partial charge on any atom is 0.317 e. The molecule has 0 bridgehead atoms. The molecule has 3 aliphatic rings. The molecule has 0 unspecified atom stereocenters. The maximum atomic E-state index is 12.7. The van der Waals surface area contributed by atoms with E-state index in [1.54, 1.807) is 0 Å². The summed E-state index contributed by atoms with van der Waals surface area (Å²) in [4.78, 5) is 28.1. The van der Waals surface area contributed by atoms with Crippen LogP contribution < -0.4 is 5.32 Å². The molecule has 7 heteroatoms. The van der Waals surface area contributed by atoms with Gasteiger partial charge in [0.15, 0.2) is 0 Å². The van der Waals surface area contributed by atoms with Crippen LogP contribution in [0.3, 0.4) is 0 Å². The number of aliphatic carboxylic acids is 1. The molecule has 0 atom stereocenters. The molecule has 0 radical (unpaired) electrons. The summed E-state index contributed by atoms with van der Waals surface area (Å²) in [7, 11) is 0. The first kappa shape index (κ1) is 19.6. The second-order valence-corrected chi connectivity index (χ2v) is 8.05. The molecule has 0 aromatic rings. The Morgan fingerprint density at radius 2 is 1.88 bits per heavy atom. The van der Waals surface area contributed by atoms with Crippen LogP contribution in [0, 0.1) is 0 Å². The Hall–Kier alpha value is -1.18. The highest BCUT2D eigenvalue weighted by Crippen LogP contribution is 2.38. The lowest BCUT2D eigenvalue weighted by molar-refractivity contribution is -0.140. The number of ether oxygens (including phenoxy) is 1. The summed E-state index contributed by atoms with van der Waals surface area (Å²) in [6.45, 7) is 6.20. The van der Waals surface area contributed by atoms with Crippen molar-refractivity contribution < 1.29 is 19.4 Å². The molecule has 1 aliphatic heterocycles. The van der Waals surface area contributed by atoms with Crippen molar-refractivity contribution in [2.45, 2.75) is 69.5 Å². The van der Waals surface area contributed by atoms with Crippen molar-refractivity contribution in [1.82, 2.24) is 15.1 Å². The van der Waals surface area contributed by atoms with Gasteiger partial charge in [-0.25, -0.2) is 0 Å². The van der Waals surface area contributed by atoms with Gasteiger partial charge < -0.3 is 15.2 Å². The zero-order valence-electron chi connectivity index (χ0n) is 15.9. The summed E-state index contributed by atoms with van der Waals surface area (Å²) in [5, 5.41) is 12.2. The molecule has 0 aromatic carbocycles. The summed E-state index contributed by atoms with van der Waals surface area (Å²) < 4.78 is 5.48. The first-order chi connectivity index (χ1) is 12.5.